The van der Waals surface area contributed by atoms with E-state index in [1.54, 1.807) is 18.2 Å². The molecular formula is C30H32FN5O2. The van der Waals surface area contributed by atoms with Crippen molar-refractivity contribution in [3.05, 3.63) is 89.2 Å². The van der Waals surface area contributed by atoms with Crippen molar-refractivity contribution in [3.8, 4) is 0 Å². The van der Waals surface area contributed by atoms with Crippen molar-refractivity contribution in [2.75, 3.05) is 4.90 Å². The van der Waals surface area contributed by atoms with E-state index in [0.717, 1.165) is 24.8 Å². The highest BCUT2D eigenvalue weighted by molar-refractivity contribution is 6.01. The van der Waals surface area contributed by atoms with E-state index >= 15 is 4.39 Å². The molecule has 5 rings (SSSR count). The van der Waals surface area contributed by atoms with Gasteiger partial charge < -0.3 is 5.32 Å². The van der Waals surface area contributed by atoms with Crippen molar-refractivity contribution in [2.24, 2.45) is 0 Å². The maximum atomic E-state index is 15.3. The first-order valence-corrected chi connectivity index (χ1v) is 13.1. The molecule has 0 aliphatic heterocycles. The molecule has 2 amide bonds. The van der Waals surface area contributed by atoms with Gasteiger partial charge in [0.05, 0.1) is 5.52 Å². The number of anilines is 1. The zero-order valence-corrected chi connectivity index (χ0v) is 21.9. The van der Waals surface area contributed by atoms with E-state index in [4.69, 9.17) is 0 Å². The molecule has 0 radical (unpaired) electrons. The van der Waals surface area contributed by atoms with Crippen LogP contribution in [-0.2, 0) is 29.0 Å². The Morgan fingerprint density at radius 1 is 1.05 bits per heavy atom. The Bertz CT molecular complexity index is 1500. The third-order valence-corrected chi connectivity index (χ3v) is 7.39. The van der Waals surface area contributed by atoms with Gasteiger partial charge in [-0.05, 0) is 81.0 Å². The van der Waals surface area contributed by atoms with E-state index < -0.39 is 29.2 Å². The molecule has 1 aromatic heterocycles. The van der Waals surface area contributed by atoms with Crippen molar-refractivity contribution >= 4 is 28.5 Å². The second-order valence-corrected chi connectivity index (χ2v) is 10.5. The van der Waals surface area contributed by atoms with Crippen molar-refractivity contribution in [2.45, 2.75) is 64.6 Å². The molecule has 0 saturated carbocycles. The molecule has 38 heavy (non-hydrogen) atoms. The Balaban J connectivity index is 1.63. The number of hydrogen-bond acceptors (Lipinski definition) is 4. The Morgan fingerprint density at radius 2 is 1.79 bits per heavy atom. The van der Waals surface area contributed by atoms with Gasteiger partial charge >= 0.3 is 0 Å². The average Bonchev–Trinajstić information content (AvgIpc) is 3.54. The average molecular weight is 514 g/mol. The fourth-order valence-electron chi connectivity index (χ4n) is 4.97. The van der Waals surface area contributed by atoms with Crippen LogP contribution in [0.1, 0.15) is 56.3 Å². The van der Waals surface area contributed by atoms with Crippen LogP contribution in [0.2, 0.25) is 0 Å². The summed E-state index contributed by atoms with van der Waals surface area (Å²) in [5.41, 5.74) is 3.89. The van der Waals surface area contributed by atoms with Crippen LogP contribution in [0, 0.1) is 5.82 Å². The van der Waals surface area contributed by atoms with E-state index in [0.29, 0.717) is 23.1 Å². The van der Waals surface area contributed by atoms with Crippen molar-refractivity contribution in [3.63, 3.8) is 0 Å². The summed E-state index contributed by atoms with van der Waals surface area (Å²) >= 11 is 0. The van der Waals surface area contributed by atoms with Gasteiger partial charge in [-0.2, -0.15) is 0 Å². The van der Waals surface area contributed by atoms with Crippen LogP contribution in [0.4, 0.5) is 10.1 Å². The van der Waals surface area contributed by atoms with Gasteiger partial charge in [-0.15, -0.1) is 5.10 Å². The summed E-state index contributed by atoms with van der Waals surface area (Å²) in [6, 6.07) is 18.1. The van der Waals surface area contributed by atoms with Gasteiger partial charge in [0.15, 0.2) is 0 Å². The Kier molecular flexibility index (Phi) is 6.97. The molecule has 0 fully saturated rings. The van der Waals surface area contributed by atoms with Crippen LogP contribution in [0.15, 0.2) is 66.7 Å². The van der Waals surface area contributed by atoms with Crippen LogP contribution in [0.3, 0.4) is 0 Å². The summed E-state index contributed by atoms with van der Waals surface area (Å²) in [5.74, 6) is -1.39. The third kappa shape index (κ3) is 5.03. The summed E-state index contributed by atoms with van der Waals surface area (Å²) in [6.45, 7) is 5.63. The van der Waals surface area contributed by atoms with Crippen LogP contribution in [0.5, 0.6) is 0 Å². The summed E-state index contributed by atoms with van der Waals surface area (Å²) in [7, 11) is 0. The number of carbonyl (C=O) groups is 2. The van der Waals surface area contributed by atoms with E-state index in [2.05, 4.69) is 15.6 Å². The quantitative estimate of drug-likeness (QED) is 0.354. The number of hydrogen-bond donors (Lipinski definition) is 1. The summed E-state index contributed by atoms with van der Waals surface area (Å²) in [5, 5.41) is 11.4. The first kappa shape index (κ1) is 25.6. The summed E-state index contributed by atoms with van der Waals surface area (Å²) in [4.78, 5) is 29.5. The second kappa shape index (κ2) is 10.4. The number of fused-ring (bicyclic) bond motifs is 2. The minimum Gasteiger partial charge on any atom is -0.349 e. The van der Waals surface area contributed by atoms with Gasteiger partial charge in [0.25, 0.3) is 0 Å². The molecule has 0 unspecified atom stereocenters. The number of carbonyl (C=O) groups excluding carboxylic acids is 2. The largest absolute Gasteiger partial charge is 0.349 e. The molecular weight excluding hydrogens is 481 g/mol. The Labute approximate surface area is 221 Å². The number of rotatable bonds is 8. The predicted molar refractivity (Wildman–Crippen MR) is 145 cm³/mol. The highest BCUT2D eigenvalue weighted by Crippen LogP contribution is 2.34. The number of nitrogens with zero attached hydrogens (tertiary/aromatic N) is 4. The first-order valence-electron chi connectivity index (χ1n) is 13.1. The van der Waals surface area contributed by atoms with E-state index in [1.807, 2.05) is 63.2 Å². The summed E-state index contributed by atoms with van der Waals surface area (Å²) < 4.78 is 16.8. The minimum atomic E-state index is -1.22. The zero-order valence-electron chi connectivity index (χ0n) is 21.9. The Morgan fingerprint density at radius 3 is 2.58 bits per heavy atom. The number of halogens is 1. The fraction of sp³-hybridized carbons (Fsp3) is 0.333. The highest BCUT2D eigenvalue weighted by Gasteiger charge is 2.37. The Hall–Kier alpha value is -4.07. The first-order chi connectivity index (χ1) is 18.3. The molecule has 0 saturated heterocycles. The topological polar surface area (TPSA) is 80.1 Å². The minimum absolute atomic E-state index is 0.134. The van der Waals surface area contributed by atoms with Gasteiger partial charge in [0.2, 0.25) is 11.8 Å². The van der Waals surface area contributed by atoms with Gasteiger partial charge in [0, 0.05) is 16.8 Å². The lowest BCUT2D eigenvalue weighted by Crippen LogP contribution is -2.51. The van der Waals surface area contributed by atoms with Crippen LogP contribution in [0.25, 0.3) is 11.0 Å². The molecule has 1 N–H and O–H groups in total. The van der Waals surface area contributed by atoms with E-state index in [9.17, 15) is 9.59 Å². The van der Waals surface area contributed by atoms with Crippen LogP contribution in [-0.4, -0.2) is 32.3 Å². The maximum Gasteiger partial charge on any atom is 0.249 e. The molecule has 1 aliphatic rings. The van der Waals surface area contributed by atoms with Gasteiger partial charge in [-0.1, -0.05) is 48.5 Å². The van der Waals surface area contributed by atoms with Crippen molar-refractivity contribution in [1.82, 2.24) is 20.3 Å². The van der Waals surface area contributed by atoms with E-state index in [1.165, 1.54) is 21.2 Å². The third-order valence-electron chi connectivity index (χ3n) is 7.39. The van der Waals surface area contributed by atoms with Crippen LogP contribution < -0.4 is 10.2 Å². The molecule has 8 heteroatoms. The number of amides is 2. The lowest BCUT2D eigenvalue weighted by molar-refractivity contribution is -0.128. The molecule has 4 aromatic rings. The monoisotopic (exact) mass is 513 g/mol. The molecule has 1 aliphatic carbocycles. The lowest BCUT2D eigenvalue weighted by Gasteiger charge is -2.35. The van der Waals surface area contributed by atoms with Gasteiger partial charge in [-0.25, -0.2) is 9.07 Å². The number of benzene rings is 3. The maximum absolute atomic E-state index is 15.3. The lowest BCUT2D eigenvalue weighted by atomic mass is 9.97. The molecule has 1 heterocycles. The number of aryl methyl sites for hydroxylation is 2. The number of para-hydroxylation sites is 1. The van der Waals surface area contributed by atoms with Crippen LogP contribution >= 0.6 is 0 Å². The number of nitrogens with one attached hydrogen (secondary N) is 1. The molecule has 0 spiro atoms. The molecule has 0 bridgehead atoms. The highest BCUT2D eigenvalue weighted by atomic mass is 19.1. The standard InChI is InChI=1S/C30H32FN5O2/c1-4-30(2,3)32-29(38)28(23-12-5-6-13-24(23)31)36(22-17-16-20-10-9-11-21(20)18-22)27(37)19-35-26-15-8-7-14-25(26)33-34-35/h5-8,12-18,28H,4,9-11,19H2,1-3H3,(H,32,38)/t28-/m0/s1. The second-order valence-electron chi connectivity index (χ2n) is 10.5. The van der Waals surface area contributed by atoms with Gasteiger partial charge in [-0.3, -0.25) is 14.5 Å². The molecule has 3 aromatic carbocycles. The zero-order chi connectivity index (χ0) is 26.9. The van der Waals surface area contributed by atoms with Crippen molar-refractivity contribution < 1.29 is 14.0 Å². The van der Waals surface area contributed by atoms with Gasteiger partial charge in [0.1, 0.15) is 23.9 Å². The smallest absolute Gasteiger partial charge is 0.249 e. The summed E-state index contributed by atoms with van der Waals surface area (Å²) in [6.07, 6.45) is 3.59. The SMILES string of the molecule is CCC(C)(C)NC(=O)[C@H](c1ccccc1F)N(C(=O)Cn1nnc2ccccc21)c1ccc2c(c1)CCC2. The normalized spacial score (nSPS) is 13.8. The predicted octanol–water partition coefficient (Wildman–Crippen LogP) is 5.14. The molecule has 1 atom stereocenters. The van der Waals surface area contributed by atoms with E-state index in [-0.39, 0.29) is 12.1 Å². The fourth-order valence-corrected chi connectivity index (χ4v) is 4.97. The molecule has 7 nitrogen and oxygen atoms in total. The molecule has 196 valence electrons. The van der Waals surface area contributed by atoms with Crippen molar-refractivity contribution in [1.29, 1.82) is 0 Å². The number of aromatic nitrogens is 3.